The van der Waals surface area contributed by atoms with Gasteiger partial charge in [-0.2, -0.15) is 0 Å². The van der Waals surface area contributed by atoms with Gasteiger partial charge in [0.15, 0.2) is 5.16 Å². The average molecular weight is 270 g/mol. The molecule has 0 bridgehead atoms. The molecule has 1 heterocycles. The zero-order valence-corrected chi connectivity index (χ0v) is 12.1. The number of unbranched alkanes of at least 4 members (excludes halogenated alkanes) is 1. The number of ether oxygens (including phenoxy) is 1. The molecule has 0 spiro atoms. The minimum absolute atomic E-state index is 0.702. The Morgan fingerprint density at radius 2 is 2.06 bits per heavy atom. The molecule has 1 aromatic heterocycles. The van der Waals surface area contributed by atoms with Crippen molar-refractivity contribution in [3.05, 3.63) is 6.07 Å². The van der Waals surface area contributed by atoms with E-state index < -0.39 is 0 Å². The van der Waals surface area contributed by atoms with Crippen molar-refractivity contribution in [3.63, 3.8) is 0 Å². The number of aromatic nitrogens is 2. The van der Waals surface area contributed by atoms with E-state index in [1.54, 1.807) is 0 Å². The zero-order valence-electron chi connectivity index (χ0n) is 11.3. The maximum absolute atomic E-state index is 5.48. The van der Waals surface area contributed by atoms with Gasteiger partial charge in [-0.05, 0) is 12.7 Å². The first-order valence-electron chi connectivity index (χ1n) is 6.22. The van der Waals surface area contributed by atoms with Gasteiger partial charge in [0.25, 0.3) is 0 Å². The maximum atomic E-state index is 5.48. The van der Waals surface area contributed by atoms with Crippen molar-refractivity contribution in [2.45, 2.75) is 24.9 Å². The monoisotopic (exact) mass is 270 g/mol. The summed E-state index contributed by atoms with van der Waals surface area (Å²) in [5.74, 6) is 1.65. The Kier molecular flexibility index (Phi) is 7.52. The minimum Gasteiger partial charge on any atom is -0.380 e. The van der Waals surface area contributed by atoms with Crippen molar-refractivity contribution in [1.82, 2.24) is 9.97 Å². The second-order valence-electron chi connectivity index (χ2n) is 3.77. The van der Waals surface area contributed by atoms with Crippen LogP contribution in [0.1, 0.15) is 19.8 Å². The Morgan fingerprint density at radius 1 is 1.28 bits per heavy atom. The van der Waals surface area contributed by atoms with Crippen LogP contribution in [0.15, 0.2) is 11.2 Å². The van der Waals surface area contributed by atoms with E-state index in [-0.39, 0.29) is 0 Å². The Bertz CT molecular complexity index is 327. The maximum Gasteiger partial charge on any atom is 0.191 e. The number of nitrogens with one attached hydrogen (secondary N) is 2. The van der Waals surface area contributed by atoms with Gasteiger partial charge in [0.1, 0.15) is 11.6 Å². The molecule has 0 aromatic carbocycles. The number of hydrogen-bond acceptors (Lipinski definition) is 6. The lowest BCUT2D eigenvalue weighted by molar-refractivity contribution is 0.141. The molecule has 1 aromatic rings. The Morgan fingerprint density at radius 3 is 2.72 bits per heavy atom. The summed E-state index contributed by atoms with van der Waals surface area (Å²) >= 11 is 1.53. The van der Waals surface area contributed by atoms with Crippen molar-refractivity contribution in [2.75, 3.05) is 43.7 Å². The molecule has 0 saturated heterocycles. The largest absolute Gasteiger partial charge is 0.380 e. The molecule has 0 saturated carbocycles. The van der Waals surface area contributed by atoms with Crippen molar-refractivity contribution in [1.29, 1.82) is 0 Å². The fourth-order valence-electron chi connectivity index (χ4n) is 1.33. The number of rotatable bonds is 9. The van der Waals surface area contributed by atoms with Crippen LogP contribution < -0.4 is 10.6 Å². The van der Waals surface area contributed by atoms with E-state index >= 15 is 0 Å². The van der Waals surface area contributed by atoms with Crippen LogP contribution in [0, 0.1) is 0 Å². The number of thioether (sulfide) groups is 1. The fourth-order valence-corrected chi connectivity index (χ4v) is 1.71. The molecule has 0 aliphatic rings. The van der Waals surface area contributed by atoms with Gasteiger partial charge in [-0.1, -0.05) is 25.1 Å². The highest BCUT2D eigenvalue weighted by Crippen LogP contribution is 2.16. The molecule has 0 atom stereocenters. The smallest absolute Gasteiger partial charge is 0.191 e. The lowest BCUT2D eigenvalue weighted by atomic mass is 10.4. The van der Waals surface area contributed by atoms with E-state index in [2.05, 4.69) is 27.5 Å². The topological polar surface area (TPSA) is 59.1 Å². The van der Waals surface area contributed by atoms with Crippen molar-refractivity contribution < 1.29 is 4.74 Å². The summed E-state index contributed by atoms with van der Waals surface area (Å²) in [7, 11) is 1.85. The summed E-state index contributed by atoms with van der Waals surface area (Å²) in [4.78, 5) is 8.69. The predicted molar refractivity (Wildman–Crippen MR) is 77.6 cm³/mol. The van der Waals surface area contributed by atoms with Gasteiger partial charge >= 0.3 is 0 Å². The molecular weight excluding hydrogens is 248 g/mol. The Balaban J connectivity index is 2.36. The quantitative estimate of drug-likeness (QED) is 0.408. The molecular formula is C12H22N4OS. The molecule has 2 N–H and O–H groups in total. The third-order valence-electron chi connectivity index (χ3n) is 2.34. The summed E-state index contributed by atoms with van der Waals surface area (Å²) < 4.78 is 5.48. The third kappa shape index (κ3) is 5.55. The molecule has 1 rings (SSSR count). The van der Waals surface area contributed by atoms with Gasteiger partial charge in [-0.15, -0.1) is 0 Å². The summed E-state index contributed by atoms with van der Waals surface area (Å²) in [6.45, 7) is 4.46. The first-order chi connectivity index (χ1) is 8.80. The van der Waals surface area contributed by atoms with E-state index in [1.165, 1.54) is 18.2 Å². The first kappa shape index (κ1) is 15.0. The number of anilines is 2. The number of hydrogen-bond donors (Lipinski definition) is 2. The lowest BCUT2D eigenvalue weighted by Crippen LogP contribution is -2.11. The number of nitrogens with zero attached hydrogens (tertiary/aromatic N) is 2. The van der Waals surface area contributed by atoms with Crippen LogP contribution in [0.2, 0.25) is 0 Å². The molecule has 0 amide bonds. The van der Waals surface area contributed by atoms with Crippen LogP contribution in [0.3, 0.4) is 0 Å². The van der Waals surface area contributed by atoms with Gasteiger partial charge < -0.3 is 15.4 Å². The summed E-state index contributed by atoms with van der Waals surface area (Å²) in [6, 6.07) is 1.89. The summed E-state index contributed by atoms with van der Waals surface area (Å²) in [5.41, 5.74) is 0. The predicted octanol–water partition coefficient (Wildman–Crippen LogP) is 2.47. The van der Waals surface area contributed by atoms with Crippen LogP contribution in [0.25, 0.3) is 0 Å². The van der Waals surface area contributed by atoms with E-state index in [0.29, 0.717) is 6.61 Å². The van der Waals surface area contributed by atoms with Crippen molar-refractivity contribution >= 4 is 23.4 Å². The second-order valence-corrected chi connectivity index (χ2v) is 4.54. The van der Waals surface area contributed by atoms with Crippen LogP contribution in [0.5, 0.6) is 0 Å². The van der Waals surface area contributed by atoms with E-state index in [4.69, 9.17) is 4.74 Å². The lowest BCUT2D eigenvalue weighted by Gasteiger charge is -2.09. The summed E-state index contributed by atoms with van der Waals surface area (Å²) in [6.07, 6.45) is 4.25. The van der Waals surface area contributed by atoms with Crippen LogP contribution in [-0.4, -0.2) is 43.0 Å². The van der Waals surface area contributed by atoms with Crippen molar-refractivity contribution in [2.24, 2.45) is 0 Å². The highest BCUT2D eigenvalue weighted by atomic mass is 32.2. The van der Waals surface area contributed by atoms with Gasteiger partial charge in [-0.25, -0.2) is 9.97 Å². The average Bonchev–Trinajstić information content (AvgIpc) is 2.42. The van der Waals surface area contributed by atoms with E-state index in [1.807, 2.05) is 19.4 Å². The van der Waals surface area contributed by atoms with Crippen LogP contribution in [0.4, 0.5) is 11.6 Å². The van der Waals surface area contributed by atoms with Gasteiger partial charge in [-0.3, -0.25) is 0 Å². The SMILES string of the molecule is CCCCOCCNc1cc(NC)nc(SC)n1. The fraction of sp³-hybridized carbons (Fsp3) is 0.667. The third-order valence-corrected chi connectivity index (χ3v) is 2.89. The molecule has 0 aliphatic carbocycles. The van der Waals surface area contributed by atoms with Gasteiger partial charge in [0, 0.05) is 26.3 Å². The molecule has 102 valence electrons. The van der Waals surface area contributed by atoms with Crippen LogP contribution >= 0.6 is 11.8 Å². The van der Waals surface area contributed by atoms with Gasteiger partial charge in [0.2, 0.25) is 0 Å². The second kappa shape index (κ2) is 8.99. The molecule has 18 heavy (non-hydrogen) atoms. The highest BCUT2D eigenvalue weighted by Gasteiger charge is 2.02. The molecule has 0 aliphatic heterocycles. The standard InChI is InChI=1S/C12H22N4OS/c1-4-5-7-17-8-6-14-11-9-10(13-2)15-12(16-11)18-3/h9H,4-8H2,1-3H3,(H2,13,14,15,16). The van der Waals surface area contributed by atoms with Crippen molar-refractivity contribution in [3.8, 4) is 0 Å². The zero-order chi connectivity index (χ0) is 13.2. The van der Waals surface area contributed by atoms with Gasteiger partial charge in [0.05, 0.1) is 6.61 Å². The van der Waals surface area contributed by atoms with E-state index in [9.17, 15) is 0 Å². The molecule has 5 nitrogen and oxygen atoms in total. The Hall–Kier alpha value is -1.01. The highest BCUT2D eigenvalue weighted by molar-refractivity contribution is 7.98. The summed E-state index contributed by atoms with van der Waals surface area (Å²) in [5, 5.41) is 7.03. The Labute approximate surface area is 113 Å². The van der Waals surface area contributed by atoms with Crippen LogP contribution in [-0.2, 0) is 4.74 Å². The minimum atomic E-state index is 0.702. The molecule has 6 heteroatoms. The molecule has 0 unspecified atom stereocenters. The molecule has 0 radical (unpaired) electrons. The first-order valence-corrected chi connectivity index (χ1v) is 7.45. The van der Waals surface area contributed by atoms with E-state index in [0.717, 1.165) is 36.4 Å². The molecule has 0 fully saturated rings. The normalized spacial score (nSPS) is 10.4.